The molecule has 0 unspecified atom stereocenters. The van der Waals surface area contributed by atoms with Crippen LogP contribution in [0.15, 0.2) is 6.33 Å². The first-order chi connectivity index (χ1) is 14.7. The summed E-state index contributed by atoms with van der Waals surface area (Å²) in [6.07, 6.45) is 9.64. The van der Waals surface area contributed by atoms with Crippen LogP contribution < -0.4 is 10.5 Å². The van der Waals surface area contributed by atoms with Crippen LogP contribution in [0.5, 0.6) is 5.88 Å². The van der Waals surface area contributed by atoms with E-state index < -0.39 is 0 Å². The van der Waals surface area contributed by atoms with E-state index in [0.717, 1.165) is 74.5 Å². The van der Waals surface area contributed by atoms with Crippen LogP contribution in [0, 0.1) is 0 Å². The lowest BCUT2D eigenvalue weighted by Gasteiger charge is -2.38. The average molecular weight is 465 g/mol. The van der Waals surface area contributed by atoms with Crippen LogP contribution in [0.1, 0.15) is 61.3 Å². The normalized spacial score (nSPS) is 26.4. The van der Waals surface area contributed by atoms with E-state index in [1.165, 1.54) is 23.3 Å². The second-order valence-corrected chi connectivity index (χ2v) is 9.82. The second-order valence-electron chi connectivity index (χ2n) is 8.74. The molecule has 31 heavy (non-hydrogen) atoms. The topological polar surface area (TPSA) is 90.6 Å². The molecule has 7 nitrogen and oxygen atoms in total. The standard InChI is InChI=1S/C22H30N4O3S.H2S/c23-18(27)8-2-14-1-7-17-19(14)20-21(24-13-25-22(20)30-17)29-16-5-3-15(4-6-16)26-9-11-28-12-10-26;/h13-16H,1-12H2,(H2,23,27);1H2/t14-,15?,16?;/m1./s1. The second kappa shape index (κ2) is 10.0. The Hall–Kier alpha value is -1.42. The number of ether oxygens (including phenoxy) is 2. The lowest BCUT2D eigenvalue weighted by Crippen LogP contribution is -2.46. The number of fused-ring (bicyclic) bond motifs is 3. The van der Waals surface area contributed by atoms with Crippen LogP contribution >= 0.6 is 24.8 Å². The van der Waals surface area contributed by atoms with Crippen molar-refractivity contribution in [1.29, 1.82) is 0 Å². The molecule has 9 heteroatoms. The molecule has 5 rings (SSSR count). The Morgan fingerprint density at radius 1 is 1.19 bits per heavy atom. The van der Waals surface area contributed by atoms with Gasteiger partial charge in [0.15, 0.2) is 0 Å². The van der Waals surface area contributed by atoms with Crippen molar-refractivity contribution in [2.75, 3.05) is 26.3 Å². The van der Waals surface area contributed by atoms with E-state index in [9.17, 15) is 4.79 Å². The summed E-state index contributed by atoms with van der Waals surface area (Å²) in [5.41, 5.74) is 6.71. The number of nitrogens with zero attached hydrogens (tertiary/aromatic N) is 3. The van der Waals surface area contributed by atoms with Gasteiger partial charge in [-0.25, -0.2) is 9.97 Å². The highest BCUT2D eigenvalue weighted by Gasteiger charge is 2.32. The minimum absolute atomic E-state index is 0. The number of amides is 1. The van der Waals surface area contributed by atoms with Crippen molar-refractivity contribution >= 4 is 41.0 Å². The minimum Gasteiger partial charge on any atom is -0.474 e. The Morgan fingerprint density at radius 3 is 2.71 bits per heavy atom. The van der Waals surface area contributed by atoms with Gasteiger partial charge in [-0.3, -0.25) is 9.69 Å². The molecule has 1 amide bonds. The molecule has 1 saturated carbocycles. The molecular formula is C22H32N4O3S2. The van der Waals surface area contributed by atoms with Gasteiger partial charge in [-0.2, -0.15) is 13.5 Å². The van der Waals surface area contributed by atoms with Crippen LogP contribution in [-0.2, 0) is 16.0 Å². The van der Waals surface area contributed by atoms with Gasteiger partial charge in [0.25, 0.3) is 0 Å². The van der Waals surface area contributed by atoms with E-state index in [1.54, 1.807) is 17.7 Å². The van der Waals surface area contributed by atoms with Gasteiger partial charge in [-0.1, -0.05) is 0 Å². The number of thiophene rings is 1. The Bertz CT molecular complexity index is 908. The molecule has 0 bridgehead atoms. The summed E-state index contributed by atoms with van der Waals surface area (Å²) >= 11 is 1.75. The predicted octanol–water partition coefficient (Wildman–Crippen LogP) is 3.12. The number of hydrogen-bond acceptors (Lipinski definition) is 7. The van der Waals surface area contributed by atoms with Gasteiger partial charge in [0, 0.05) is 30.4 Å². The van der Waals surface area contributed by atoms with E-state index in [1.807, 2.05) is 0 Å². The number of aromatic nitrogens is 2. The fourth-order valence-corrected chi connectivity index (χ4v) is 6.59. The first-order valence-electron chi connectivity index (χ1n) is 11.2. The third-order valence-electron chi connectivity index (χ3n) is 6.92. The summed E-state index contributed by atoms with van der Waals surface area (Å²) in [5.74, 6) is 0.859. The number of aryl methyl sites for hydroxylation is 1. The lowest BCUT2D eigenvalue weighted by atomic mass is 9.91. The van der Waals surface area contributed by atoms with Crippen molar-refractivity contribution in [3.63, 3.8) is 0 Å². The van der Waals surface area contributed by atoms with Crippen molar-refractivity contribution in [3.8, 4) is 5.88 Å². The van der Waals surface area contributed by atoms with Crippen molar-refractivity contribution in [3.05, 3.63) is 16.8 Å². The number of rotatable bonds is 6. The number of nitrogens with two attached hydrogens (primary N) is 1. The summed E-state index contributed by atoms with van der Waals surface area (Å²) in [6, 6.07) is 0.655. The van der Waals surface area contributed by atoms with E-state index in [0.29, 0.717) is 18.4 Å². The molecule has 0 radical (unpaired) electrons. The number of primary amides is 1. The van der Waals surface area contributed by atoms with Crippen LogP contribution in [0.3, 0.4) is 0 Å². The third-order valence-corrected chi connectivity index (χ3v) is 8.09. The van der Waals surface area contributed by atoms with E-state index in [4.69, 9.17) is 15.2 Å². The molecular weight excluding hydrogens is 432 g/mol. The summed E-state index contributed by atoms with van der Waals surface area (Å²) in [7, 11) is 0. The molecule has 3 aliphatic rings. The number of carbonyl (C=O) groups excluding carboxylic acids is 1. The molecule has 170 valence electrons. The van der Waals surface area contributed by atoms with Crippen LogP contribution in [-0.4, -0.2) is 59.2 Å². The molecule has 0 spiro atoms. The molecule has 0 aromatic carbocycles. The molecule has 2 fully saturated rings. The third kappa shape index (κ3) is 4.84. The van der Waals surface area contributed by atoms with Gasteiger partial charge in [-0.15, -0.1) is 11.3 Å². The molecule has 2 aliphatic carbocycles. The molecule has 2 aromatic rings. The maximum atomic E-state index is 11.3. The monoisotopic (exact) mass is 464 g/mol. The van der Waals surface area contributed by atoms with Crippen molar-refractivity contribution in [2.45, 2.75) is 69.4 Å². The Morgan fingerprint density at radius 2 is 1.97 bits per heavy atom. The zero-order valence-corrected chi connectivity index (χ0v) is 19.7. The van der Waals surface area contributed by atoms with E-state index in [-0.39, 0.29) is 25.5 Å². The van der Waals surface area contributed by atoms with Gasteiger partial charge in [0.2, 0.25) is 11.8 Å². The smallest absolute Gasteiger partial charge is 0.225 e. The van der Waals surface area contributed by atoms with Crippen LogP contribution in [0.2, 0.25) is 0 Å². The average Bonchev–Trinajstić information content (AvgIpc) is 3.33. The molecule has 1 aliphatic heterocycles. The molecule has 1 atom stereocenters. The molecule has 2 N–H and O–H groups in total. The summed E-state index contributed by atoms with van der Waals surface area (Å²) < 4.78 is 12.0. The van der Waals surface area contributed by atoms with Gasteiger partial charge >= 0.3 is 0 Å². The quantitative estimate of drug-likeness (QED) is 0.706. The molecule has 2 aromatic heterocycles. The first kappa shape index (κ1) is 22.8. The number of morpholine rings is 1. The summed E-state index contributed by atoms with van der Waals surface area (Å²) in [5, 5.41) is 1.08. The van der Waals surface area contributed by atoms with Crippen molar-refractivity contribution in [2.24, 2.45) is 5.73 Å². The molecule has 3 heterocycles. The highest BCUT2D eigenvalue weighted by molar-refractivity contribution is 7.59. The van der Waals surface area contributed by atoms with Gasteiger partial charge in [0.1, 0.15) is 17.3 Å². The van der Waals surface area contributed by atoms with Crippen LogP contribution in [0.4, 0.5) is 0 Å². The SMILES string of the molecule is NC(=O)CC[C@H]1CCc2sc3ncnc(OC4CCC(N5CCOCC5)CC4)c3c21.S. The maximum Gasteiger partial charge on any atom is 0.225 e. The summed E-state index contributed by atoms with van der Waals surface area (Å²) in [6.45, 7) is 3.82. The predicted molar refractivity (Wildman–Crippen MR) is 126 cm³/mol. The number of hydrogen-bond donors (Lipinski definition) is 1. The van der Waals surface area contributed by atoms with E-state index >= 15 is 0 Å². The number of carbonyl (C=O) groups is 1. The van der Waals surface area contributed by atoms with Gasteiger partial charge in [0.05, 0.1) is 18.6 Å². The highest BCUT2D eigenvalue weighted by Crippen LogP contribution is 2.47. The van der Waals surface area contributed by atoms with E-state index in [2.05, 4.69) is 14.9 Å². The first-order valence-corrected chi connectivity index (χ1v) is 12.0. The fourth-order valence-electron chi connectivity index (χ4n) is 5.36. The molecule has 1 saturated heterocycles. The minimum atomic E-state index is -0.229. The Labute approximate surface area is 194 Å². The highest BCUT2D eigenvalue weighted by atomic mass is 32.1. The Kier molecular flexibility index (Phi) is 7.36. The summed E-state index contributed by atoms with van der Waals surface area (Å²) in [4.78, 5) is 25.3. The lowest BCUT2D eigenvalue weighted by molar-refractivity contribution is -0.118. The zero-order chi connectivity index (χ0) is 20.5. The van der Waals surface area contributed by atoms with Gasteiger partial charge in [-0.05, 0) is 56.4 Å². The maximum absolute atomic E-state index is 11.3. The fraction of sp³-hybridized carbons (Fsp3) is 0.682. The largest absolute Gasteiger partial charge is 0.474 e. The Balaban J connectivity index is 0.00000231. The zero-order valence-electron chi connectivity index (χ0n) is 17.8. The van der Waals surface area contributed by atoms with Gasteiger partial charge < -0.3 is 15.2 Å². The van der Waals surface area contributed by atoms with Crippen LogP contribution in [0.25, 0.3) is 10.2 Å². The van der Waals surface area contributed by atoms with Crippen molar-refractivity contribution in [1.82, 2.24) is 14.9 Å². The van der Waals surface area contributed by atoms with Crippen molar-refractivity contribution < 1.29 is 14.3 Å².